The predicted molar refractivity (Wildman–Crippen MR) is 45.6 cm³/mol. The maximum absolute atomic E-state index is 13.2. The third-order valence-electron chi connectivity index (χ3n) is 1.82. The number of halogens is 1. The van der Waals surface area contributed by atoms with E-state index in [9.17, 15) is 4.39 Å². The monoisotopic (exact) mass is 175 g/mol. The highest BCUT2D eigenvalue weighted by atomic mass is 19.1. The molecule has 0 radical (unpaired) electrons. The average Bonchev–Trinajstić information content (AvgIpc) is 2.46. The second-order valence-corrected chi connectivity index (χ2v) is 2.85. The Balaban J connectivity index is 2.85. The summed E-state index contributed by atoms with van der Waals surface area (Å²) in [4.78, 5) is 0. The highest BCUT2D eigenvalue weighted by molar-refractivity contribution is 5.80. The second-order valence-electron chi connectivity index (χ2n) is 2.85. The number of aryl methyl sites for hydroxylation is 1. The molecule has 1 heterocycles. The van der Waals surface area contributed by atoms with Gasteiger partial charge in [-0.05, 0) is 25.1 Å². The van der Waals surface area contributed by atoms with Gasteiger partial charge in [-0.2, -0.15) is 5.26 Å². The lowest BCUT2D eigenvalue weighted by Crippen LogP contribution is -1.78. The molecule has 0 aliphatic carbocycles. The van der Waals surface area contributed by atoms with E-state index in [1.54, 1.807) is 19.1 Å². The topological polar surface area (TPSA) is 36.9 Å². The molecule has 2 aromatic rings. The van der Waals surface area contributed by atoms with Gasteiger partial charge in [0.2, 0.25) is 0 Å². The summed E-state index contributed by atoms with van der Waals surface area (Å²) in [5.74, 6) is 0.158. The molecule has 0 fully saturated rings. The first-order valence-corrected chi connectivity index (χ1v) is 3.80. The minimum Gasteiger partial charge on any atom is -0.458 e. The molecular weight excluding hydrogens is 169 g/mol. The second kappa shape index (κ2) is 2.60. The molecule has 0 spiro atoms. The van der Waals surface area contributed by atoms with Gasteiger partial charge in [-0.3, -0.25) is 0 Å². The van der Waals surface area contributed by atoms with Crippen LogP contribution in [0.2, 0.25) is 0 Å². The van der Waals surface area contributed by atoms with Crippen molar-refractivity contribution in [2.45, 2.75) is 6.92 Å². The number of benzene rings is 1. The molecule has 2 rings (SSSR count). The van der Waals surface area contributed by atoms with E-state index in [0.29, 0.717) is 16.7 Å². The summed E-state index contributed by atoms with van der Waals surface area (Å²) >= 11 is 0. The van der Waals surface area contributed by atoms with Crippen LogP contribution in [0, 0.1) is 24.1 Å². The first kappa shape index (κ1) is 7.81. The third kappa shape index (κ3) is 1.17. The van der Waals surface area contributed by atoms with Crippen LogP contribution in [0.3, 0.4) is 0 Å². The molecule has 0 atom stereocenters. The minimum atomic E-state index is -0.484. The molecule has 2 nitrogen and oxygen atoms in total. The van der Waals surface area contributed by atoms with Crippen molar-refractivity contribution in [3.05, 3.63) is 35.3 Å². The van der Waals surface area contributed by atoms with Crippen LogP contribution >= 0.6 is 0 Å². The number of nitrogens with zero attached hydrogens (tertiary/aromatic N) is 1. The highest BCUT2D eigenvalue weighted by Crippen LogP contribution is 2.23. The van der Waals surface area contributed by atoms with E-state index in [4.69, 9.17) is 9.68 Å². The summed E-state index contributed by atoms with van der Waals surface area (Å²) in [6.07, 6.45) is 0. The Bertz CT molecular complexity index is 507. The lowest BCUT2D eigenvalue weighted by molar-refractivity contribution is 0.538. The van der Waals surface area contributed by atoms with Gasteiger partial charge in [0, 0.05) is 5.39 Å². The standard InChI is InChI=1S/C10H6FNO/c1-6-2-8-3-7(5-12)4-9(11)10(8)13-6/h2-4H,1H3. The molecule has 0 N–H and O–H groups in total. The van der Waals surface area contributed by atoms with Crippen LogP contribution in [0.4, 0.5) is 4.39 Å². The van der Waals surface area contributed by atoms with Crippen molar-refractivity contribution in [1.29, 1.82) is 5.26 Å². The van der Waals surface area contributed by atoms with Gasteiger partial charge in [-0.15, -0.1) is 0 Å². The first-order valence-electron chi connectivity index (χ1n) is 3.80. The number of furan rings is 1. The number of hydrogen-bond donors (Lipinski definition) is 0. The summed E-state index contributed by atoms with van der Waals surface area (Å²) in [6, 6.07) is 6.37. The minimum absolute atomic E-state index is 0.219. The Morgan fingerprint density at radius 3 is 2.85 bits per heavy atom. The van der Waals surface area contributed by atoms with Gasteiger partial charge in [-0.25, -0.2) is 4.39 Å². The van der Waals surface area contributed by atoms with Crippen molar-refractivity contribution >= 4 is 11.0 Å². The fraction of sp³-hybridized carbons (Fsp3) is 0.100. The van der Waals surface area contributed by atoms with Crippen molar-refractivity contribution in [1.82, 2.24) is 0 Å². The molecule has 0 aliphatic rings. The van der Waals surface area contributed by atoms with E-state index in [2.05, 4.69) is 0 Å². The Labute approximate surface area is 74.2 Å². The van der Waals surface area contributed by atoms with Crippen LogP contribution in [-0.2, 0) is 0 Å². The molecule has 3 heteroatoms. The molecule has 0 bridgehead atoms. The molecule has 0 aliphatic heterocycles. The van der Waals surface area contributed by atoms with Crippen LogP contribution in [0.1, 0.15) is 11.3 Å². The van der Waals surface area contributed by atoms with Crippen LogP contribution in [0.5, 0.6) is 0 Å². The Morgan fingerprint density at radius 2 is 2.15 bits per heavy atom. The number of nitriles is 1. The molecule has 0 saturated heterocycles. The Morgan fingerprint density at radius 1 is 1.38 bits per heavy atom. The summed E-state index contributed by atoms with van der Waals surface area (Å²) in [5.41, 5.74) is 0.530. The number of hydrogen-bond acceptors (Lipinski definition) is 2. The summed E-state index contributed by atoms with van der Waals surface area (Å²) < 4.78 is 18.3. The van der Waals surface area contributed by atoms with Crippen molar-refractivity contribution in [2.24, 2.45) is 0 Å². The maximum atomic E-state index is 13.2. The van der Waals surface area contributed by atoms with Gasteiger partial charge in [0.15, 0.2) is 11.4 Å². The Kier molecular flexibility index (Phi) is 1.56. The van der Waals surface area contributed by atoms with Gasteiger partial charge >= 0.3 is 0 Å². The van der Waals surface area contributed by atoms with Crippen LogP contribution in [0.25, 0.3) is 11.0 Å². The molecule has 13 heavy (non-hydrogen) atoms. The van der Waals surface area contributed by atoms with Gasteiger partial charge in [-0.1, -0.05) is 0 Å². The molecule has 64 valence electrons. The summed E-state index contributed by atoms with van der Waals surface area (Å²) in [7, 11) is 0. The fourth-order valence-corrected chi connectivity index (χ4v) is 1.30. The van der Waals surface area contributed by atoms with E-state index >= 15 is 0 Å². The molecule has 1 aromatic heterocycles. The van der Waals surface area contributed by atoms with Gasteiger partial charge < -0.3 is 4.42 Å². The smallest absolute Gasteiger partial charge is 0.169 e. The maximum Gasteiger partial charge on any atom is 0.169 e. The van der Waals surface area contributed by atoms with Crippen molar-refractivity contribution in [3.8, 4) is 6.07 Å². The van der Waals surface area contributed by atoms with Gasteiger partial charge in [0.25, 0.3) is 0 Å². The summed E-state index contributed by atoms with van der Waals surface area (Å²) in [5, 5.41) is 9.21. The predicted octanol–water partition coefficient (Wildman–Crippen LogP) is 2.75. The van der Waals surface area contributed by atoms with Crippen molar-refractivity contribution < 1.29 is 8.81 Å². The van der Waals surface area contributed by atoms with Crippen LogP contribution in [0.15, 0.2) is 22.6 Å². The van der Waals surface area contributed by atoms with Crippen LogP contribution < -0.4 is 0 Å². The van der Waals surface area contributed by atoms with Crippen molar-refractivity contribution in [2.75, 3.05) is 0 Å². The first-order chi connectivity index (χ1) is 6.20. The number of fused-ring (bicyclic) bond motifs is 1. The quantitative estimate of drug-likeness (QED) is 0.617. The largest absolute Gasteiger partial charge is 0.458 e. The van der Waals surface area contributed by atoms with E-state index in [1.807, 2.05) is 6.07 Å². The lowest BCUT2D eigenvalue weighted by atomic mass is 10.2. The highest BCUT2D eigenvalue weighted by Gasteiger charge is 2.07. The molecular formula is C10H6FNO. The van der Waals surface area contributed by atoms with E-state index in [1.165, 1.54) is 6.07 Å². The Hall–Kier alpha value is -1.82. The van der Waals surface area contributed by atoms with Gasteiger partial charge in [0.05, 0.1) is 11.6 Å². The molecule has 0 amide bonds. The SMILES string of the molecule is Cc1cc2cc(C#N)cc(F)c2o1. The average molecular weight is 175 g/mol. The van der Waals surface area contributed by atoms with E-state index in [-0.39, 0.29) is 5.58 Å². The fourth-order valence-electron chi connectivity index (χ4n) is 1.30. The lowest BCUT2D eigenvalue weighted by Gasteiger charge is -1.91. The zero-order valence-corrected chi connectivity index (χ0v) is 6.97. The molecule has 0 saturated carbocycles. The zero-order valence-electron chi connectivity index (χ0n) is 6.97. The normalized spacial score (nSPS) is 10.2. The molecule has 0 unspecified atom stereocenters. The van der Waals surface area contributed by atoms with Gasteiger partial charge in [0.1, 0.15) is 5.76 Å². The number of rotatable bonds is 0. The zero-order chi connectivity index (χ0) is 9.42. The summed E-state index contributed by atoms with van der Waals surface area (Å²) in [6.45, 7) is 1.74. The van der Waals surface area contributed by atoms with E-state index in [0.717, 1.165) is 0 Å². The van der Waals surface area contributed by atoms with Crippen LogP contribution in [-0.4, -0.2) is 0 Å². The van der Waals surface area contributed by atoms with E-state index < -0.39 is 5.82 Å². The molecule has 1 aromatic carbocycles. The van der Waals surface area contributed by atoms with Crippen molar-refractivity contribution in [3.63, 3.8) is 0 Å². The third-order valence-corrected chi connectivity index (χ3v) is 1.82.